The molecule has 0 radical (unpaired) electrons. The van der Waals surface area contributed by atoms with Crippen molar-refractivity contribution in [2.75, 3.05) is 0 Å². The maximum Gasteiger partial charge on any atom is 0.387 e. The second-order valence-electron chi connectivity index (χ2n) is 6.58. The fraction of sp³-hybridized carbons (Fsp3) is 0.353. The highest BCUT2D eigenvalue weighted by Gasteiger charge is 2.32. The van der Waals surface area contributed by atoms with Crippen molar-refractivity contribution in [2.24, 2.45) is 5.41 Å². The molecule has 1 aliphatic carbocycles. The highest BCUT2D eigenvalue weighted by Crippen LogP contribution is 2.33. The van der Waals surface area contributed by atoms with Gasteiger partial charge >= 0.3 is 6.61 Å². The number of carbonyl (C=O) groups is 1. The van der Waals surface area contributed by atoms with E-state index in [1.165, 1.54) is 30.3 Å². The molecule has 5 nitrogen and oxygen atoms in total. The standard InChI is InChI=1S/C17H16F2N2O3/c1-17(2)8-10-7-14(23)21(20-15(10)13(22)9-17)11-3-5-12(6-4-11)24-16(18)19/h3-7,16H,8-9H2,1-2H3. The topological polar surface area (TPSA) is 61.2 Å². The Balaban J connectivity index is 2.00. The van der Waals surface area contributed by atoms with Gasteiger partial charge in [0.2, 0.25) is 0 Å². The lowest BCUT2D eigenvalue weighted by atomic mass is 9.75. The van der Waals surface area contributed by atoms with E-state index in [0.29, 0.717) is 29.8 Å². The summed E-state index contributed by atoms with van der Waals surface area (Å²) in [5.74, 6) is -0.120. The van der Waals surface area contributed by atoms with Gasteiger partial charge in [0.25, 0.3) is 5.56 Å². The minimum atomic E-state index is -2.92. The molecule has 0 aliphatic heterocycles. The lowest BCUT2D eigenvalue weighted by Gasteiger charge is -2.29. The summed E-state index contributed by atoms with van der Waals surface area (Å²) in [6.45, 7) is 1.03. The molecule has 0 atom stereocenters. The molecular formula is C17H16F2N2O3. The monoisotopic (exact) mass is 334 g/mol. The quantitative estimate of drug-likeness (QED) is 0.866. The number of ketones is 1. The molecule has 1 aliphatic rings. The molecular weight excluding hydrogens is 318 g/mol. The average molecular weight is 334 g/mol. The number of Topliss-reactive ketones (excluding diaryl/α,β-unsaturated/α-hetero) is 1. The van der Waals surface area contributed by atoms with Crippen LogP contribution in [0.5, 0.6) is 5.75 Å². The number of hydrogen-bond donors (Lipinski definition) is 0. The maximum atomic E-state index is 12.3. The number of rotatable bonds is 3. The van der Waals surface area contributed by atoms with Gasteiger partial charge in [-0.1, -0.05) is 13.8 Å². The molecule has 7 heteroatoms. The van der Waals surface area contributed by atoms with Gasteiger partial charge in [0.1, 0.15) is 11.4 Å². The van der Waals surface area contributed by atoms with Crippen molar-refractivity contribution in [1.29, 1.82) is 0 Å². The fourth-order valence-electron chi connectivity index (χ4n) is 2.91. The summed E-state index contributed by atoms with van der Waals surface area (Å²) in [5.41, 5.74) is 0.749. The summed E-state index contributed by atoms with van der Waals surface area (Å²) < 4.78 is 29.7. The molecule has 0 fully saturated rings. The average Bonchev–Trinajstić information content (AvgIpc) is 2.46. The Morgan fingerprint density at radius 3 is 2.46 bits per heavy atom. The smallest absolute Gasteiger partial charge is 0.387 e. The van der Waals surface area contributed by atoms with Gasteiger partial charge in [-0.3, -0.25) is 9.59 Å². The number of hydrogen-bond acceptors (Lipinski definition) is 4. The summed E-state index contributed by atoms with van der Waals surface area (Å²) in [4.78, 5) is 24.6. The van der Waals surface area contributed by atoms with Crippen molar-refractivity contribution in [3.63, 3.8) is 0 Å². The molecule has 24 heavy (non-hydrogen) atoms. The van der Waals surface area contributed by atoms with E-state index >= 15 is 0 Å². The molecule has 2 aromatic rings. The zero-order chi connectivity index (χ0) is 17.5. The van der Waals surface area contributed by atoms with E-state index in [1.54, 1.807) is 0 Å². The van der Waals surface area contributed by atoms with Crippen molar-refractivity contribution in [3.05, 3.63) is 51.9 Å². The number of alkyl halides is 2. The van der Waals surface area contributed by atoms with Gasteiger partial charge in [0.15, 0.2) is 5.78 Å². The zero-order valence-electron chi connectivity index (χ0n) is 13.3. The summed E-state index contributed by atoms with van der Waals surface area (Å²) in [7, 11) is 0. The zero-order valence-corrected chi connectivity index (χ0v) is 13.3. The van der Waals surface area contributed by atoms with Crippen molar-refractivity contribution in [2.45, 2.75) is 33.3 Å². The van der Waals surface area contributed by atoms with Crippen LogP contribution in [0.4, 0.5) is 8.78 Å². The number of benzene rings is 1. The summed E-state index contributed by atoms with van der Waals surface area (Å²) >= 11 is 0. The SMILES string of the molecule is CC1(C)CC(=O)c2nn(-c3ccc(OC(F)F)cc3)c(=O)cc2C1. The first kappa shape index (κ1) is 16.3. The molecule has 1 heterocycles. The number of ether oxygens (including phenoxy) is 1. The van der Waals surface area contributed by atoms with Crippen LogP contribution in [0.3, 0.4) is 0 Å². The van der Waals surface area contributed by atoms with E-state index in [4.69, 9.17) is 0 Å². The van der Waals surface area contributed by atoms with Gasteiger partial charge in [-0.25, -0.2) is 0 Å². The van der Waals surface area contributed by atoms with Crippen LogP contribution >= 0.6 is 0 Å². The first-order chi connectivity index (χ1) is 11.2. The summed E-state index contributed by atoms with van der Waals surface area (Å²) in [6.07, 6.45) is 0.977. The first-order valence-corrected chi connectivity index (χ1v) is 7.47. The predicted molar refractivity (Wildman–Crippen MR) is 82.9 cm³/mol. The van der Waals surface area contributed by atoms with E-state index < -0.39 is 6.61 Å². The van der Waals surface area contributed by atoms with E-state index in [9.17, 15) is 18.4 Å². The molecule has 1 aromatic heterocycles. The third-order valence-corrected chi connectivity index (χ3v) is 3.89. The van der Waals surface area contributed by atoms with Gasteiger partial charge in [0, 0.05) is 12.5 Å². The van der Waals surface area contributed by atoms with E-state index in [1.807, 2.05) is 13.8 Å². The van der Waals surface area contributed by atoms with Crippen LogP contribution in [0.15, 0.2) is 35.1 Å². The second kappa shape index (κ2) is 5.81. The largest absolute Gasteiger partial charge is 0.435 e. The van der Waals surface area contributed by atoms with Crippen molar-refractivity contribution in [3.8, 4) is 11.4 Å². The normalized spacial score (nSPS) is 16.1. The lowest BCUT2D eigenvalue weighted by molar-refractivity contribution is -0.0498. The molecule has 0 unspecified atom stereocenters. The number of nitrogens with zero attached hydrogens (tertiary/aromatic N) is 2. The van der Waals surface area contributed by atoms with E-state index in [2.05, 4.69) is 9.84 Å². The van der Waals surface area contributed by atoms with Crippen molar-refractivity contribution >= 4 is 5.78 Å². The molecule has 0 spiro atoms. The van der Waals surface area contributed by atoms with Crippen LogP contribution < -0.4 is 10.3 Å². The Bertz CT molecular complexity index is 842. The third kappa shape index (κ3) is 3.20. The molecule has 1 aromatic carbocycles. The van der Waals surface area contributed by atoms with E-state index in [-0.39, 0.29) is 22.5 Å². The Hall–Kier alpha value is -2.57. The minimum absolute atomic E-state index is 0.0161. The Labute approximate surface area is 136 Å². The van der Waals surface area contributed by atoms with Crippen LogP contribution in [0.2, 0.25) is 0 Å². The Kier molecular flexibility index (Phi) is 3.95. The van der Waals surface area contributed by atoms with Gasteiger partial charge in [-0.2, -0.15) is 18.6 Å². The predicted octanol–water partition coefficient (Wildman–Crippen LogP) is 2.99. The number of halogens is 2. The molecule has 0 N–H and O–H groups in total. The highest BCUT2D eigenvalue weighted by atomic mass is 19.3. The molecule has 0 amide bonds. The number of fused-ring (bicyclic) bond motifs is 1. The molecule has 0 saturated heterocycles. The third-order valence-electron chi connectivity index (χ3n) is 3.89. The van der Waals surface area contributed by atoms with Crippen LogP contribution in [-0.4, -0.2) is 22.2 Å². The Morgan fingerprint density at radius 1 is 1.17 bits per heavy atom. The molecule has 0 saturated carbocycles. The first-order valence-electron chi connectivity index (χ1n) is 7.47. The highest BCUT2D eigenvalue weighted by molar-refractivity contribution is 5.97. The van der Waals surface area contributed by atoms with Gasteiger partial charge in [-0.15, -0.1) is 0 Å². The van der Waals surface area contributed by atoms with Crippen LogP contribution in [0, 0.1) is 5.41 Å². The van der Waals surface area contributed by atoms with E-state index in [0.717, 1.165) is 4.68 Å². The molecule has 126 valence electrons. The molecule has 3 rings (SSSR count). The fourth-order valence-corrected chi connectivity index (χ4v) is 2.91. The van der Waals surface area contributed by atoms with Crippen LogP contribution in [0.1, 0.15) is 36.3 Å². The molecule has 0 bridgehead atoms. The van der Waals surface area contributed by atoms with Crippen molar-refractivity contribution < 1.29 is 18.3 Å². The minimum Gasteiger partial charge on any atom is -0.435 e. The van der Waals surface area contributed by atoms with Crippen LogP contribution in [-0.2, 0) is 6.42 Å². The summed E-state index contributed by atoms with van der Waals surface area (Å²) in [6, 6.07) is 6.94. The number of carbonyl (C=O) groups excluding carboxylic acids is 1. The van der Waals surface area contributed by atoms with Gasteiger partial charge in [-0.05, 0) is 41.7 Å². The van der Waals surface area contributed by atoms with Gasteiger partial charge < -0.3 is 4.74 Å². The number of aromatic nitrogens is 2. The second-order valence-corrected chi connectivity index (χ2v) is 6.58. The Morgan fingerprint density at radius 2 is 1.83 bits per heavy atom. The maximum absolute atomic E-state index is 12.3. The van der Waals surface area contributed by atoms with Crippen LogP contribution in [0.25, 0.3) is 5.69 Å². The summed E-state index contributed by atoms with van der Waals surface area (Å²) in [5, 5.41) is 4.19. The lowest BCUT2D eigenvalue weighted by Crippen LogP contribution is -2.33. The van der Waals surface area contributed by atoms with Crippen molar-refractivity contribution in [1.82, 2.24) is 9.78 Å². The van der Waals surface area contributed by atoms with Gasteiger partial charge in [0.05, 0.1) is 5.69 Å².